The summed E-state index contributed by atoms with van der Waals surface area (Å²) < 4.78 is 10.6. The van der Waals surface area contributed by atoms with Gasteiger partial charge < -0.3 is 10.6 Å². The SMILES string of the molecule is CCNC(=O)CNCCS(C)=O. The van der Waals surface area contributed by atoms with E-state index in [1.807, 2.05) is 6.92 Å². The lowest BCUT2D eigenvalue weighted by Crippen LogP contribution is -2.35. The highest BCUT2D eigenvalue weighted by molar-refractivity contribution is 7.84. The molecule has 0 aliphatic heterocycles. The summed E-state index contributed by atoms with van der Waals surface area (Å²) in [6.45, 7) is 3.46. The summed E-state index contributed by atoms with van der Waals surface area (Å²) >= 11 is 0. The molecule has 0 aliphatic rings. The zero-order chi connectivity index (χ0) is 9.40. The molecule has 0 aromatic carbocycles. The van der Waals surface area contributed by atoms with Gasteiger partial charge in [-0.2, -0.15) is 0 Å². The molecule has 0 saturated carbocycles. The fourth-order valence-electron chi connectivity index (χ4n) is 0.677. The van der Waals surface area contributed by atoms with Crippen LogP contribution in [0.3, 0.4) is 0 Å². The van der Waals surface area contributed by atoms with Crippen LogP contribution in [0.2, 0.25) is 0 Å². The second-order valence-electron chi connectivity index (χ2n) is 2.41. The largest absolute Gasteiger partial charge is 0.355 e. The summed E-state index contributed by atoms with van der Waals surface area (Å²) in [6, 6.07) is 0. The average Bonchev–Trinajstić information content (AvgIpc) is 1.98. The summed E-state index contributed by atoms with van der Waals surface area (Å²) in [5, 5.41) is 5.55. The average molecular weight is 192 g/mol. The zero-order valence-electron chi connectivity index (χ0n) is 7.55. The Bertz CT molecular complexity index is 161. The molecule has 5 heteroatoms. The molecule has 72 valence electrons. The predicted molar refractivity (Wildman–Crippen MR) is 50.5 cm³/mol. The molecule has 0 spiro atoms. The first kappa shape index (κ1) is 11.6. The maximum atomic E-state index is 10.8. The monoisotopic (exact) mass is 192 g/mol. The van der Waals surface area contributed by atoms with Crippen molar-refractivity contribution in [1.82, 2.24) is 10.6 Å². The summed E-state index contributed by atoms with van der Waals surface area (Å²) in [5.74, 6) is 0.582. The smallest absolute Gasteiger partial charge is 0.233 e. The van der Waals surface area contributed by atoms with Gasteiger partial charge in [-0.1, -0.05) is 0 Å². The first-order valence-electron chi connectivity index (χ1n) is 3.94. The fourth-order valence-corrected chi connectivity index (χ4v) is 1.11. The molecule has 2 N–H and O–H groups in total. The van der Waals surface area contributed by atoms with Crippen LogP contribution >= 0.6 is 0 Å². The number of carbonyl (C=O) groups excluding carboxylic acids is 1. The van der Waals surface area contributed by atoms with E-state index in [0.717, 1.165) is 0 Å². The summed E-state index contributed by atoms with van der Waals surface area (Å²) in [5.41, 5.74) is 0. The topological polar surface area (TPSA) is 58.2 Å². The maximum absolute atomic E-state index is 10.8. The third kappa shape index (κ3) is 7.68. The van der Waals surface area contributed by atoms with Crippen molar-refractivity contribution in [2.75, 3.05) is 31.6 Å². The van der Waals surface area contributed by atoms with Gasteiger partial charge >= 0.3 is 0 Å². The van der Waals surface area contributed by atoms with E-state index in [0.29, 0.717) is 25.4 Å². The van der Waals surface area contributed by atoms with Gasteiger partial charge in [0.15, 0.2) is 0 Å². The fraction of sp³-hybridized carbons (Fsp3) is 0.857. The third-order valence-electron chi connectivity index (χ3n) is 1.23. The minimum absolute atomic E-state index is 0.0145. The molecule has 0 radical (unpaired) electrons. The minimum Gasteiger partial charge on any atom is -0.355 e. The highest BCUT2D eigenvalue weighted by Crippen LogP contribution is 1.71. The molecule has 0 bridgehead atoms. The van der Waals surface area contributed by atoms with Crippen molar-refractivity contribution in [3.63, 3.8) is 0 Å². The van der Waals surface area contributed by atoms with Gasteiger partial charge in [-0.15, -0.1) is 0 Å². The van der Waals surface area contributed by atoms with E-state index in [1.165, 1.54) is 0 Å². The number of rotatable bonds is 6. The molecule has 1 unspecified atom stereocenters. The Kier molecular flexibility index (Phi) is 6.99. The van der Waals surface area contributed by atoms with Gasteiger partial charge in [0, 0.05) is 35.9 Å². The van der Waals surface area contributed by atoms with Crippen LogP contribution in [0, 0.1) is 0 Å². The van der Waals surface area contributed by atoms with E-state index in [4.69, 9.17) is 0 Å². The summed E-state index contributed by atoms with van der Waals surface area (Å²) in [7, 11) is -0.778. The van der Waals surface area contributed by atoms with Gasteiger partial charge in [-0.3, -0.25) is 9.00 Å². The molecule has 0 aliphatic carbocycles. The summed E-state index contributed by atoms with van der Waals surface area (Å²) in [6.07, 6.45) is 1.65. The molecular weight excluding hydrogens is 176 g/mol. The number of amides is 1. The Balaban J connectivity index is 3.19. The van der Waals surface area contributed by atoms with Crippen molar-refractivity contribution in [3.05, 3.63) is 0 Å². The Morgan fingerprint density at radius 3 is 2.67 bits per heavy atom. The molecule has 0 fully saturated rings. The Hall–Kier alpha value is -0.420. The zero-order valence-corrected chi connectivity index (χ0v) is 8.37. The van der Waals surface area contributed by atoms with Crippen molar-refractivity contribution in [2.45, 2.75) is 6.92 Å². The molecule has 0 heterocycles. The Morgan fingerprint density at radius 2 is 2.17 bits per heavy atom. The lowest BCUT2D eigenvalue weighted by Gasteiger charge is -2.02. The highest BCUT2D eigenvalue weighted by Gasteiger charge is 1.97. The van der Waals surface area contributed by atoms with Gasteiger partial charge in [-0.05, 0) is 6.92 Å². The van der Waals surface area contributed by atoms with E-state index in [9.17, 15) is 9.00 Å². The van der Waals surface area contributed by atoms with Crippen LogP contribution in [0.1, 0.15) is 6.92 Å². The van der Waals surface area contributed by atoms with Crippen molar-refractivity contribution < 1.29 is 9.00 Å². The molecule has 0 aromatic rings. The normalized spacial score (nSPS) is 12.5. The van der Waals surface area contributed by atoms with Gasteiger partial charge in [0.1, 0.15) is 0 Å². The second-order valence-corrected chi connectivity index (χ2v) is 3.96. The van der Waals surface area contributed by atoms with Gasteiger partial charge in [0.2, 0.25) is 5.91 Å². The molecule has 4 nitrogen and oxygen atoms in total. The molecule has 1 amide bonds. The maximum Gasteiger partial charge on any atom is 0.233 e. The Morgan fingerprint density at radius 1 is 1.50 bits per heavy atom. The molecular formula is C7H16N2O2S. The lowest BCUT2D eigenvalue weighted by atomic mass is 10.5. The van der Waals surface area contributed by atoms with E-state index >= 15 is 0 Å². The van der Waals surface area contributed by atoms with Gasteiger partial charge in [0.25, 0.3) is 0 Å². The first-order valence-corrected chi connectivity index (χ1v) is 5.67. The highest BCUT2D eigenvalue weighted by atomic mass is 32.2. The first-order chi connectivity index (χ1) is 5.66. The molecule has 0 rings (SSSR count). The van der Waals surface area contributed by atoms with E-state index in [-0.39, 0.29) is 5.91 Å². The van der Waals surface area contributed by atoms with Crippen molar-refractivity contribution in [2.24, 2.45) is 0 Å². The lowest BCUT2D eigenvalue weighted by molar-refractivity contribution is -0.120. The number of carbonyl (C=O) groups is 1. The molecule has 1 atom stereocenters. The van der Waals surface area contributed by atoms with Crippen molar-refractivity contribution in [1.29, 1.82) is 0 Å². The summed E-state index contributed by atoms with van der Waals surface area (Å²) in [4.78, 5) is 10.8. The quantitative estimate of drug-likeness (QED) is 0.536. The standard InChI is InChI=1S/C7H16N2O2S/c1-3-9-7(10)6-8-4-5-12(2)11/h8H,3-6H2,1-2H3,(H,9,10). The third-order valence-corrected chi connectivity index (χ3v) is 2.00. The van der Waals surface area contributed by atoms with Crippen molar-refractivity contribution in [3.8, 4) is 0 Å². The second kappa shape index (κ2) is 7.24. The molecule has 12 heavy (non-hydrogen) atoms. The molecule has 0 saturated heterocycles. The van der Waals surface area contributed by atoms with Crippen LogP contribution in [-0.4, -0.2) is 41.8 Å². The van der Waals surface area contributed by atoms with E-state index < -0.39 is 10.8 Å². The number of nitrogens with one attached hydrogen (secondary N) is 2. The number of hydrogen-bond acceptors (Lipinski definition) is 3. The van der Waals surface area contributed by atoms with Crippen LogP contribution in [-0.2, 0) is 15.6 Å². The van der Waals surface area contributed by atoms with Gasteiger partial charge in [0.05, 0.1) is 6.54 Å². The van der Waals surface area contributed by atoms with Gasteiger partial charge in [-0.25, -0.2) is 0 Å². The Labute approximate surface area is 75.6 Å². The molecule has 0 aromatic heterocycles. The van der Waals surface area contributed by atoms with Crippen LogP contribution in [0.4, 0.5) is 0 Å². The number of likely N-dealkylation sites (N-methyl/N-ethyl adjacent to an activating group) is 1. The number of hydrogen-bond donors (Lipinski definition) is 2. The van der Waals surface area contributed by atoms with Crippen LogP contribution in [0.25, 0.3) is 0 Å². The predicted octanol–water partition coefficient (Wildman–Crippen LogP) is -0.909. The van der Waals surface area contributed by atoms with Crippen LogP contribution in [0.5, 0.6) is 0 Å². The van der Waals surface area contributed by atoms with Crippen LogP contribution in [0.15, 0.2) is 0 Å². The van der Waals surface area contributed by atoms with E-state index in [2.05, 4.69) is 10.6 Å². The van der Waals surface area contributed by atoms with Crippen LogP contribution < -0.4 is 10.6 Å². The van der Waals surface area contributed by atoms with Crippen molar-refractivity contribution >= 4 is 16.7 Å². The van der Waals surface area contributed by atoms with E-state index in [1.54, 1.807) is 6.26 Å². The minimum atomic E-state index is -0.778.